The molecule has 0 aromatic carbocycles. The first-order valence-electron chi connectivity index (χ1n) is 7.84. The van der Waals surface area contributed by atoms with E-state index in [2.05, 4.69) is 10.3 Å². The minimum atomic E-state index is -0.343. The summed E-state index contributed by atoms with van der Waals surface area (Å²) >= 11 is 4.53. The maximum Gasteiger partial charge on any atom is 0.341 e. The Morgan fingerprint density at radius 1 is 1.25 bits per heavy atom. The zero-order valence-corrected chi connectivity index (χ0v) is 16.6. The number of rotatable bonds is 5. The van der Waals surface area contributed by atoms with E-state index in [1.54, 1.807) is 6.92 Å². The number of esters is 1. The molecule has 0 atom stereocenters. The lowest BCUT2D eigenvalue weighted by molar-refractivity contribution is -0.114. The van der Waals surface area contributed by atoms with Crippen LogP contribution in [0.1, 0.15) is 40.6 Å². The van der Waals surface area contributed by atoms with Gasteiger partial charge in [-0.3, -0.25) is 9.79 Å². The van der Waals surface area contributed by atoms with Crippen LogP contribution in [-0.4, -0.2) is 41.9 Å². The van der Waals surface area contributed by atoms with E-state index in [9.17, 15) is 9.59 Å². The summed E-state index contributed by atoms with van der Waals surface area (Å²) in [7, 11) is 0. The van der Waals surface area contributed by atoms with Gasteiger partial charge in [-0.25, -0.2) is 4.79 Å². The lowest BCUT2D eigenvalue weighted by Gasteiger charge is -2.12. The molecule has 8 heteroatoms. The van der Waals surface area contributed by atoms with Crippen molar-refractivity contribution in [3.05, 3.63) is 16.0 Å². The molecule has 0 radical (unpaired) electrons. The Hall–Kier alpha value is -0.990. The molecule has 1 aromatic heterocycles. The number of carbonyl (C=O) groups is 2. The minimum absolute atomic E-state index is 0.0574. The normalized spacial score (nSPS) is 13.1. The molecule has 1 aliphatic carbocycles. The third-order valence-electron chi connectivity index (χ3n) is 3.60. The summed E-state index contributed by atoms with van der Waals surface area (Å²) in [5.74, 6) is -0.552. The van der Waals surface area contributed by atoms with Crippen molar-refractivity contribution in [2.24, 2.45) is 4.99 Å². The Bertz CT molecular complexity index is 635. The maximum absolute atomic E-state index is 12.3. The Morgan fingerprint density at radius 3 is 2.62 bits per heavy atom. The largest absolute Gasteiger partial charge is 0.462 e. The number of nitrogens with one attached hydrogen (secondary N) is 1. The van der Waals surface area contributed by atoms with Gasteiger partial charge >= 0.3 is 5.97 Å². The molecule has 0 aliphatic heterocycles. The third kappa shape index (κ3) is 4.77. The second-order valence-corrected chi connectivity index (χ2v) is 8.13. The summed E-state index contributed by atoms with van der Waals surface area (Å²) in [4.78, 5) is 30.0. The second-order valence-electron chi connectivity index (χ2n) is 5.17. The summed E-state index contributed by atoms with van der Waals surface area (Å²) < 4.78 is 6.05. The number of ether oxygens (including phenoxy) is 1. The van der Waals surface area contributed by atoms with Crippen LogP contribution in [0.25, 0.3) is 0 Å². The number of anilines is 1. The number of fused-ring (bicyclic) bond motifs is 1. The van der Waals surface area contributed by atoms with E-state index in [-0.39, 0.29) is 18.4 Å². The van der Waals surface area contributed by atoms with E-state index < -0.39 is 0 Å². The van der Waals surface area contributed by atoms with Crippen LogP contribution in [0.3, 0.4) is 0 Å². The molecule has 1 heterocycles. The van der Waals surface area contributed by atoms with Gasteiger partial charge in [0.1, 0.15) is 15.9 Å². The third-order valence-corrected chi connectivity index (χ3v) is 6.77. The first kappa shape index (κ1) is 19.3. The van der Waals surface area contributed by atoms with Gasteiger partial charge in [-0.1, -0.05) is 0 Å². The van der Waals surface area contributed by atoms with Gasteiger partial charge in [0.25, 0.3) is 0 Å². The molecule has 0 fully saturated rings. The van der Waals surface area contributed by atoms with Gasteiger partial charge in [-0.05, 0) is 50.7 Å². The molecular weight excluding hydrogens is 364 g/mol. The highest BCUT2D eigenvalue weighted by Crippen LogP contribution is 2.38. The zero-order valence-electron chi connectivity index (χ0n) is 14.1. The van der Waals surface area contributed by atoms with Gasteiger partial charge in [0, 0.05) is 4.88 Å². The first-order valence-corrected chi connectivity index (χ1v) is 11.1. The molecule has 0 bridgehead atoms. The molecule has 24 heavy (non-hydrogen) atoms. The van der Waals surface area contributed by atoms with Gasteiger partial charge < -0.3 is 10.1 Å². The highest BCUT2D eigenvalue weighted by Gasteiger charge is 2.27. The standard InChI is InChI=1S/C16H22N2O3S3/c1-4-21-15(20)13-10-7-5-6-8-11(10)24-14(13)18-12(19)9-17-16(22-2)23-3/h4-9H2,1-3H3,(H,18,19). The zero-order chi connectivity index (χ0) is 17.5. The van der Waals surface area contributed by atoms with Crippen molar-refractivity contribution in [3.8, 4) is 0 Å². The molecule has 1 amide bonds. The second kappa shape index (κ2) is 9.48. The molecule has 1 aromatic rings. The number of amides is 1. The van der Waals surface area contributed by atoms with E-state index in [1.807, 2.05) is 12.5 Å². The van der Waals surface area contributed by atoms with Crippen molar-refractivity contribution in [1.29, 1.82) is 0 Å². The van der Waals surface area contributed by atoms with Crippen molar-refractivity contribution < 1.29 is 14.3 Å². The van der Waals surface area contributed by atoms with Crippen LogP contribution in [0.5, 0.6) is 0 Å². The summed E-state index contributed by atoms with van der Waals surface area (Å²) in [5, 5.41) is 3.47. The fourth-order valence-electron chi connectivity index (χ4n) is 2.59. The molecule has 5 nitrogen and oxygen atoms in total. The number of nitrogens with zero attached hydrogens (tertiary/aromatic N) is 1. The summed E-state index contributed by atoms with van der Waals surface area (Å²) in [6.07, 6.45) is 7.89. The number of hydrogen-bond donors (Lipinski definition) is 1. The number of aryl methyl sites for hydroxylation is 1. The molecule has 0 saturated heterocycles. The molecule has 2 rings (SSSR count). The predicted molar refractivity (Wildman–Crippen MR) is 105 cm³/mol. The van der Waals surface area contributed by atoms with E-state index in [0.29, 0.717) is 17.2 Å². The van der Waals surface area contributed by atoms with Crippen LogP contribution in [0.15, 0.2) is 4.99 Å². The van der Waals surface area contributed by atoms with Crippen LogP contribution in [-0.2, 0) is 22.4 Å². The average Bonchev–Trinajstić information content (AvgIpc) is 2.93. The first-order chi connectivity index (χ1) is 11.6. The number of thioether (sulfide) groups is 2. The number of carbonyl (C=O) groups excluding carboxylic acids is 2. The van der Waals surface area contributed by atoms with Crippen molar-refractivity contribution in [1.82, 2.24) is 0 Å². The van der Waals surface area contributed by atoms with Crippen LogP contribution >= 0.6 is 34.9 Å². The van der Waals surface area contributed by atoms with Gasteiger partial charge in [0.05, 0.1) is 12.2 Å². The van der Waals surface area contributed by atoms with Crippen molar-refractivity contribution in [2.75, 3.05) is 31.0 Å². The fraction of sp³-hybridized carbons (Fsp3) is 0.562. The SMILES string of the molecule is CCOC(=O)c1c(NC(=O)CN=C(SC)SC)sc2c1CCCC2. The van der Waals surface area contributed by atoms with Crippen molar-refractivity contribution >= 4 is 56.1 Å². The summed E-state index contributed by atoms with van der Waals surface area (Å²) in [5.41, 5.74) is 1.60. The molecule has 0 saturated carbocycles. The molecule has 1 aliphatic rings. The summed E-state index contributed by atoms with van der Waals surface area (Å²) in [6.45, 7) is 2.17. The van der Waals surface area contributed by atoms with Crippen LogP contribution < -0.4 is 5.32 Å². The van der Waals surface area contributed by atoms with Gasteiger partial charge in [0.2, 0.25) is 5.91 Å². The van der Waals surface area contributed by atoms with Crippen LogP contribution in [0.2, 0.25) is 0 Å². The Morgan fingerprint density at radius 2 is 1.96 bits per heavy atom. The minimum Gasteiger partial charge on any atom is -0.462 e. The smallest absolute Gasteiger partial charge is 0.341 e. The average molecular weight is 387 g/mol. The maximum atomic E-state index is 12.3. The molecule has 132 valence electrons. The Labute approximate surface area is 155 Å². The molecular formula is C16H22N2O3S3. The van der Waals surface area contributed by atoms with Gasteiger partial charge in [0.15, 0.2) is 0 Å². The lowest BCUT2D eigenvalue weighted by atomic mass is 9.95. The quantitative estimate of drug-likeness (QED) is 0.473. The van der Waals surface area contributed by atoms with Crippen LogP contribution in [0.4, 0.5) is 5.00 Å². The van der Waals surface area contributed by atoms with Gasteiger partial charge in [-0.2, -0.15) is 0 Å². The number of aliphatic imine (C=N–C) groups is 1. The lowest BCUT2D eigenvalue weighted by Crippen LogP contribution is -2.18. The molecule has 0 spiro atoms. The number of thiophene rings is 1. The van der Waals surface area contributed by atoms with E-state index in [1.165, 1.54) is 39.7 Å². The topological polar surface area (TPSA) is 67.8 Å². The van der Waals surface area contributed by atoms with Crippen LogP contribution in [0, 0.1) is 0 Å². The molecule has 1 N–H and O–H groups in total. The van der Waals surface area contributed by atoms with E-state index in [4.69, 9.17) is 4.74 Å². The van der Waals surface area contributed by atoms with E-state index in [0.717, 1.165) is 35.6 Å². The number of hydrogen-bond acceptors (Lipinski definition) is 7. The Balaban J connectivity index is 2.20. The highest BCUT2D eigenvalue weighted by molar-refractivity contribution is 8.38. The Kier molecular flexibility index (Phi) is 7.64. The van der Waals surface area contributed by atoms with E-state index >= 15 is 0 Å². The monoisotopic (exact) mass is 386 g/mol. The highest BCUT2D eigenvalue weighted by atomic mass is 32.2. The predicted octanol–water partition coefficient (Wildman–Crippen LogP) is 3.82. The fourth-order valence-corrected chi connectivity index (χ4v) is 4.94. The van der Waals surface area contributed by atoms with Gasteiger partial charge in [-0.15, -0.1) is 34.9 Å². The van der Waals surface area contributed by atoms with Crippen molar-refractivity contribution in [2.45, 2.75) is 32.6 Å². The van der Waals surface area contributed by atoms with Crippen molar-refractivity contribution in [3.63, 3.8) is 0 Å². The summed E-state index contributed by atoms with van der Waals surface area (Å²) in [6, 6.07) is 0. The molecule has 0 unspecified atom stereocenters.